The quantitative estimate of drug-likeness (QED) is 0.530. The van der Waals surface area contributed by atoms with Crippen LogP contribution in [0, 0.1) is 0 Å². The van der Waals surface area contributed by atoms with Crippen molar-refractivity contribution in [1.29, 1.82) is 0 Å². The average molecular weight is 396 g/mol. The smallest absolute Gasteiger partial charge is 0.251 e. The Morgan fingerprint density at radius 3 is 2.88 bits per heavy atom. The van der Waals surface area contributed by atoms with Crippen molar-refractivity contribution >= 4 is 34.9 Å². The highest BCUT2D eigenvalue weighted by Gasteiger charge is 2.34. The zero-order valence-corrected chi connectivity index (χ0v) is 16.5. The van der Waals surface area contributed by atoms with Gasteiger partial charge >= 0.3 is 0 Å². The van der Waals surface area contributed by atoms with Gasteiger partial charge in [0.1, 0.15) is 6.61 Å². The van der Waals surface area contributed by atoms with Gasteiger partial charge in [0.15, 0.2) is 0 Å². The molecule has 2 aliphatic rings. The predicted octanol–water partition coefficient (Wildman–Crippen LogP) is 1.93. The van der Waals surface area contributed by atoms with E-state index in [1.165, 1.54) is 30.6 Å². The number of rotatable bonds is 7. The molecule has 2 heterocycles. The Labute approximate surface area is 161 Å². The first kappa shape index (κ1) is 19.3. The van der Waals surface area contributed by atoms with Crippen LogP contribution in [-0.4, -0.2) is 42.4 Å². The van der Waals surface area contributed by atoms with Gasteiger partial charge < -0.3 is 21.1 Å². The van der Waals surface area contributed by atoms with Gasteiger partial charge in [0.2, 0.25) is 5.91 Å². The van der Waals surface area contributed by atoms with E-state index in [4.69, 9.17) is 0 Å². The van der Waals surface area contributed by atoms with Crippen molar-refractivity contribution < 1.29 is 14.7 Å². The van der Waals surface area contributed by atoms with Crippen LogP contribution >= 0.6 is 23.1 Å². The van der Waals surface area contributed by atoms with Crippen molar-refractivity contribution in [3.63, 3.8) is 0 Å². The Balaban J connectivity index is 1.94. The number of thiophene rings is 1. The molecule has 1 unspecified atom stereocenters. The van der Waals surface area contributed by atoms with E-state index in [1.54, 1.807) is 11.8 Å². The van der Waals surface area contributed by atoms with Gasteiger partial charge in [-0.15, -0.1) is 23.1 Å². The van der Waals surface area contributed by atoms with Gasteiger partial charge in [-0.3, -0.25) is 9.59 Å². The lowest BCUT2D eigenvalue weighted by Crippen LogP contribution is -2.36. The molecule has 4 N–H and O–H groups in total. The normalized spacial score (nSPS) is 19.4. The van der Waals surface area contributed by atoms with E-state index >= 15 is 0 Å². The maximum absolute atomic E-state index is 12.6. The van der Waals surface area contributed by atoms with Crippen LogP contribution in [0.3, 0.4) is 0 Å². The monoisotopic (exact) mass is 395 g/mol. The molecule has 6 nitrogen and oxygen atoms in total. The molecule has 2 amide bonds. The van der Waals surface area contributed by atoms with E-state index < -0.39 is 18.6 Å². The van der Waals surface area contributed by atoms with Crippen LogP contribution in [0.5, 0.6) is 0 Å². The molecule has 0 bridgehead atoms. The van der Waals surface area contributed by atoms with Gasteiger partial charge in [0.25, 0.3) is 5.91 Å². The summed E-state index contributed by atoms with van der Waals surface area (Å²) < 4.78 is 0. The van der Waals surface area contributed by atoms with E-state index in [1.807, 2.05) is 17.7 Å². The fraction of sp³-hybridized carbons (Fsp3) is 0.556. The second-order valence-corrected chi connectivity index (χ2v) is 8.36. The molecular formula is C18H25N3O3S2. The summed E-state index contributed by atoms with van der Waals surface area (Å²) in [5, 5.41) is 20.4. The van der Waals surface area contributed by atoms with Crippen LogP contribution < -0.4 is 16.0 Å². The van der Waals surface area contributed by atoms with Gasteiger partial charge in [-0.05, 0) is 30.5 Å². The molecule has 0 saturated heterocycles. The summed E-state index contributed by atoms with van der Waals surface area (Å²) in [6.07, 6.45) is 7.85. The Kier molecular flexibility index (Phi) is 6.61. The molecule has 8 heteroatoms. The molecule has 1 atom stereocenters. The van der Waals surface area contributed by atoms with E-state index in [9.17, 15) is 14.7 Å². The van der Waals surface area contributed by atoms with Crippen molar-refractivity contribution in [3.8, 4) is 0 Å². The third-order valence-corrected chi connectivity index (χ3v) is 6.76. The van der Waals surface area contributed by atoms with Crippen LogP contribution in [0.25, 0.3) is 0 Å². The minimum Gasteiger partial charge on any atom is -0.387 e. The van der Waals surface area contributed by atoms with E-state index in [0.29, 0.717) is 18.2 Å². The molecule has 26 heavy (non-hydrogen) atoms. The Morgan fingerprint density at radius 1 is 1.42 bits per heavy atom. The summed E-state index contributed by atoms with van der Waals surface area (Å²) in [6.45, 7) is -0.146. The minimum absolute atomic E-state index is 0.160. The van der Waals surface area contributed by atoms with Crippen molar-refractivity contribution in [2.24, 2.45) is 0 Å². The maximum Gasteiger partial charge on any atom is 0.251 e. The summed E-state index contributed by atoms with van der Waals surface area (Å²) in [6, 6.07) is 1.81. The number of thioether (sulfide) groups is 1. The van der Waals surface area contributed by atoms with E-state index in [0.717, 1.165) is 28.3 Å². The summed E-state index contributed by atoms with van der Waals surface area (Å²) >= 11 is 3.10. The molecule has 142 valence electrons. The molecular weight excluding hydrogens is 370 g/mol. The number of hydrogen-bond acceptors (Lipinski definition) is 6. The SMILES string of the molecule is CSc1ccsc1C(NC(=O)CO)C1=C(NC2CCCCC2)CNC1=O. The first-order chi connectivity index (χ1) is 12.6. The van der Waals surface area contributed by atoms with Gasteiger partial charge in [-0.1, -0.05) is 19.3 Å². The van der Waals surface area contributed by atoms with Crippen molar-refractivity contribution in [2.45, 2.75) is 49.1 Å². The summed E-state index contributed by atoms with van der Waals surface area (Å²) in [5.41, 5.74) is 1.43. The van der Waals surface area contributed by atoms with Crippen molar-refractivity contribution in [3.05, 3.63) is 27.6 Å². The zero-order chi connectivity index (χ0) is 18.5. The maximum atomic E-state index is 12.6. The number of carbonyl (C=O) groups excluding carboxylic acids is 2. The van der Waals surface area contributed by atoms with Crippen LogP contribution in [0.4, 0.5) is 0 Å². The number of nitrogens with one attached hydrogen (secondary N) is 3. The molecule has 1 fully saturated rings. The Bertz CT molecular complexity index is 696. The van der Waals surface area contributed by atoms with E-state index in [2.05, 4.69) is 16.0 Å². The van der Waals surface area contributed by atoms with Crippen LogP contribution in [0.15, 0.2) is 27.6 Å². The topological polar surface area (TPSA) is 90.5 Å². The van der Waals surface area contributed by atoms with Gasteiger partial charge in [-0.2, -0.15) is 0 Å². The zero-order valence-electron chi connectivity index (χ0n) is 14.8. The highest BCUT2D eigenvalue weighted by Crippen LogP contribution is 2.37. The molecule has 0 spiro atoms. The Morgan fingerprint density at radius 2 is 2.19 bits per heavy atom. The molecule has 1 aliphatic carbocycles. The lowest BCUT2D eigenvalue weighted by molar-refractivity contribution is -0.124. The Hall–Kier alpha value is -1.51. The summed E-state index contributed by atoms with van der Waals surface area (Å²) in [7, 11) is 0. The predicted molar refractivity (Wildman–Crippen MR) is 104 cm³/mol. The number of amides is 2. The second kappa shape index (κ2) is 8.92. The fourth-order valence-corrected chi connectivity index (χ4v) is 5.44. The average Bonchev–Trinajstić information content (AvgIpc) is 3.27. The number of carbonyl (C=O) groups is 2. The largest absolute Gasteiger partial charge is 0.387 e. The van der Waals surface area contributed by atoms with E-state index in [-0.39, 0.29) is 5.91 Å². The van der Waals surface area contributed by atoms with Crippen LogP contribution in [0.1, 0.15) is 43.0 Å². The second-order valence-electron chi connectivity index (χ2n) is 6.57. The molecule has 0 aromatic carbocycles. The third kappa shape index (κ3) is 4.24. The van der Waals surface area contributed by atoms with Crippen LogP contribution in [0.2, 0.25) is 0 Å². The van der Waals surface area contributed by atoms with Gasteiger partial charge in [0, 0.05) is 21.5 Å². The first-order valence-corrected chi connectivity index (χ1v) is 11.0. The van der Waals surface area contributed by atoms with Gasteiger partial charge in [0.05, 0.1) is 18.2 Å². The third-order valence-electron chi connectivity index (χ3n) is 4.86. The van der Waals surface area contributed by atoms with Crippen molar-refractivity contribution in [2.75, 3.05) is 19.4 Å². The molecule has 1 aliphatic heterocycles. The number of aliphatic hydroxyl groups is 1. The lowest BCUT2D eigenvalue weighted by Gasteiger charge is -2.26. The fourth-order valence-electron chi connectivity index (χ4n) is 3.59. The molecule has 1 saturated carbocycles. The highest BCUT2D eigenvalue weighted by molar-refractivity contribution is 7.98. The van der Waals surface area contributed by atoms with Crippen molar-refractivity contribution in [1.82, 2.24) is 16.0 Å². The molecule has 3 rings (SSSR count). The van der Waals surface area contributed by atoms with Gasteiger partial charge in [-0.25, -0.2) is 0 Å². The lowest BCUT2D eigenvalue weighted by atomic mass is 9.94. The molecule has 0 radical (unpaired) electrons. The standard InChI is InChI=1S/C18H25N3O3S2/c1-25-13-7-8-26-17(13)16(21-14(23)10-22)15-12(9-19-18(15)24)20-11-5-3-2-4-6-11/h7-8,11,16,20,22H,2-6,9-10H2,1H3,(H,19,24)(H,21,23). The van der Waals surface area contributed by atoms with Crippen LogP contribution in [-0.2, 0) is 9.59 Å². The number of aliphatic hydroxyl groups excluding tert-OH is 1. The first-order valence-electron chi connectivity index (χ1n) is 8.93. The summed E-state index contributed by atoms with van der Waals surface area (Å²) in [4.78, 5) is 26.5. The minimum atomic E-state index is -0.600. The molecule has 1 aromatic heterocycles. The molecule has 1 aromatic rings. The number of hydrogen-bond donors (Lipinski definition) is 4. The summed E-state index contributed by atoms with van der Waals surface area (Å²) in [5.74, 6) is -0.647. The highest BCUT2D eigenvalue weighted by atomic mass is 32.2.